The molecular formula is C18H14O3S. The first kappa shape index (κ1) is 14.4. The van der Waals surface area contributed by atoms with Gasteiger partial charge >= 0.3 is 5.97 Å². The second-order valence-electron chi connectivity index (χ2n) is 4.76. The van der Waals surface area contributed by atoms with Gasteiger partial charge in [0, 0.05) is 5.56 Å². The highest BCUT2D eigenvalue weighted by Crippen LogP contribution is 2.24. The molecule has 0 amide bonds. The molecule has 0 spiro atoms. The topological polar surface area (TPSA) is 46.5 Å². The molecule has 2 aromatic carbocycles. The molecule has 110 valence electrons. The lowest BCUT2D eigenvalue weighted by Crippen LogP contribution is -2.01. The van der Waals surface area contributed by atoms with Crippen LogP contribution >= 0.6 is 11.3 Å². The minimum Gasteiger partial charge on any atom is -0.489 e. The Hall–Kier alpha value is -2.59. The Morgan fingerprint density at radius 1 is 0.955 bits per heavy atom. The molecule has 22 heavy (non-hydrogen) atoms. The lowest BCUT2D eigenvalue weighted by molar-refractivity contribution is 0.0699. The van der Waals surface area contributed by atoms with Crippen molar-refractivity contribution in [2.45, 2.75) is 6.61 Å². The van der Waals surface area contributed by atoms with Crippen molar-refractivity contribution in [3.8, 4) is 16.9 Å². The highest BCUT2D eigenvalue weighted by molar-refractivity contribution is 7.12. The van der Waals surface area contributed by atoms with Gasteiger partial charge in [0.1, 0.15) is 17.2 Å². The van der Waals surface area contributed by atoms with E-state index in [9.17, 15) is 4.79 Å². The fourth-order valence-electron chi connectivity index (χ4n) is 2.17. The van der Waals surface area contributed by atoms with Crippen LogP contribution in [-0.4, -0.2) is 11.1 Å². The highest BCUT2D eigenvalue weighted by atomic mass is 32.1. The van der Waals surface area contributed by atoms with E-state index in [0.717, 1.165) is 16.9 Å². The maximum atomic E-state index is 11.1. The Labute approximate surface area is 132 Å². The maximum absolute atomic E-state index is 11.1. The van der Waals surface area contributed by atoms with E-state index in [1.807, 2.05) is 42.5 Å². The largest absolute Gasteiger partial charge is 0.489 e. The number of benzene rings is 2. The average Bonchev–Trinajstić information content (AvgIpc) is 3.03. The Bertz CT molecular complexity index is 761. The molecule has 1 heterocycles. The third-order valence-electron chi connectivity index (χ3n) is 3.30. The van der Waals surface area contributed by atoms with E-state index in [2.05, 4.69) is 12.1 Å². The van der Waals surface area contributed by atoms with Crippen molar-refractivity contribution in [2.24, 2.45) is 0 Å². The van der Waals surface area contributed by atoms with Crippen LogP contribution in [-0.2, 0) is 6.61 Å². The minimum atomic E-state index is -0.909. The molecule has 0 bridgehead atoms. The molecule has 4 heteroatoms. The van der Waals surface area contributed by atoms with E-state index in [1.165, 1.54) is 11.3 Å². The molecular weight excluding hydrogens is 296 g/mol. The average molecular weight is 310 g/mol. The Balaban J connectivity index is 1.69. The molecule has 0 aliphatic heterocycles. The SMILES string of the molecule is O=C(O)c1sccc1COc1ccc(-c2ccccc2)cc1. The van der Waals surface area contributed by atoms with E-state index >= 15 is 0 Å². The highest BCUT2D eigenvalue weighted by Gasteiger charge is 2.11. The molecule has 0 fully saturated rings. The van der Waals surface area contributed by atoms with Crippen LogP contribution in [0.15, 0.2) is 66.0 Å². The molecule has 0 saturated heterocycles. The van der Waals surface area contributed by atoms with Gasteiger partial charge in [0.05, 0.1) is 0 Å². The van der Waals surface area contributed by atoms with Crippen molar-refractivity contribution in [1.82, 2.24) is 0 Å². The smallest absolute Gasteiger partial charge is 0.346 e. The van der Waals surface area contributed by atoms with Crippen molar-refractivity contribution in [2.75, 3.05) is 0 Å². The number of carbonyl (C=O) groups is 1. The summed E-state index contributed by atoms with van der Waals surface area (Å²) in [7, 11) is 0. The first-order chi connectivity index (χ1) is 10.7. The van der Waals surface area contributed by atoms with Gasteiger partial charge in [-0.15, -0.1) is 11.3 Å². The summed E-state index contributed by atoms with van der Waals surface area (Å²) < 4.78 is 5.68. The molecule has 0 saturated carbocycles. The second-order valence-corrected chi connectivity index (χ2v) is 5.68. The number of ether oxygens (including phenoxy) is 1. The van der Waals surface area contributed by atoms with Gasteiger partial charge in [-0.3, -0.25) is 0 Å². The third-order valence-corrected chi connectivity index (χ3v) is 4.24. The Morgan fingerprint density at radius 3 is 2.32 bits per heavy atom. The predicted octanol–water partition coefficient (Wildman–Crippen LogP) is 4.69. The number of carboxylic acid groups (broad SMARTS) is 1. The molecule has 3 nitrogen and oxygen atoms in total. The summed E-state index contributed by atoms with van der Waals surface area (Å²) >= 11 is 1.21. The fourth-order valence-corrected chi connectivity index (χ4v) is 2.92. The zero-order valence-corrected chi connectivity index (χ0v) is 12.5. The molecule has 0 aliphatic carbocycles. The second kappa shape index (κ2) is 6.45. The molecule has 0 radical (unpaired) electrons. The number of carboxylic acids is 1. The summed E-state index contributed by atoms with van der Waals surface area (Å²) in [5, 5.41) is 10.8. The van der Waals surface area contributed by atoms with Gasteiger partial charge in [0.25, 0.3) is 0 Å². The maximum Gasteiger partial charge on any atom is 0.346 e. The summed E-state index contributed by atoms with van der Waals surface area (Å²) in [4.78, 5) is 11.4. The first-order valence-electron chi connectivity index (χ1n) is 6.82. The van der Waals surface area contributed by atoms with Crippen molar-refractivity contribution in [1.29, 1.82) is 0 Å². The van der Waals surface area contributed by atoms with E-state index in [0.29, 0.717) is 10.4 Å². The summed E-state index contributed by atoms with van der Waals surface area (Å²) in [6.07, 6.45) is 0. The van der Waals surface area contributed by atoms with Crippen molar-refractivity contribution >= 4 is 17.3 Å². The van der Waals surface area contributed by atoms with Crippen LogP contribution in [0.3, 0.4) is 0 Å². The summed E-state index contributed by atoms with van der Waals surface area (Å²) in [5.74, 6) is -0.185. The monoisotopic (exact) mass is 310 g/mol. The van der Waals surface area contributed by atoms with Gasteiger partial charge in [-0.1, -0.05) is 42.5 Å². The number of aromatic carboxylic acids is 1. The van der Waals surface area contributed by atoms with Crippen LogP contribution in [0.4, 0.5) is 0 Å². The Kier molecular flexibility index (Phi) is 4.21. The lowest BCUT2D eigenvalue weighted by atomic mass is 10.1. The summed E-state index contributed by atoms with van der Waals surface area (Å²) in [5.41, 5.74) is 2.97. The first-order valence-corrected chi connectivity index (χ1v) is 7.70. The third kappa shape index (κ3) is 3.18. The molecule has 0 aliphatic rings. The van der Waals surface area contributed by atoms with Gasteiger partial charge in [0.15, 0.2) is 0 Å². The minimum absolute atomic E-state index is 0.260. The predicted molar refractivity (Wildman–Crippen MR) is 87.5 cm³/mol. The molecule has 1 aromatic heterocycles. The van der Waals surface area contributed by atoms with Gasteiger partial charge in [0.2, 0.25) is 0 Å². The summed E-state index contributed by atoms with van der Waals surface area (Å²) in [6, 6.07) is 19.7. The van der Waals surface area contributed by atoms with Crippen LogP contribution in [0, 0.1) is 0 Å². The number of rotatable bonds is 5. The van der Waals surface area contributed by atoms with Gasteiger partial charge in [-0.05, 0) is 34.7 Å². The molecule has 3 aromatic rings. The van der Waals surface area contributed by atoms with Gasteiger partial charge < -0.3 is 9.84 Å². The molecule has 3 rings (SSSR count). The van der Waals surface area contributed by atoms with Crippen LogP contribution in [0.25, 0.3) is 11.1 Å². The van der Waals surface area contributed by atoms with Crippen LogP contribution in [0.2, 0.25) is 0 Å². The normalized spacial score (nSPS) is 10.4. The Morgan fingerprint density at radius 2 is 1.64 bits per heavy atom. The fraction of sp³-hybridized carbons (Fsp3) is 0.0556. The summed E-state index contributed by atoms with van der Waals surface area (Å²) in [6.45, 7) is 0.260. The molecule has 0 atom stereocenters. The molecule has 1 N–H and O–H groups in total. The van der Waals surface area contributed by atoms with Crippen molar-refractivity contribution < 1.29 is 14.6 Å². The van der Waals surface area contributed by atoms with E-state index in [-0.39, 0.29) is 6.61 Å². The number of thiophene rings is 1. The number of hydrogen-bond acceptors (Lipinski definition) is 3. The van der Waals surface area contributed by atoms with Gasteiger partial charge in [-0.25, -0.2) is 4.79 Å². The van der Waals surface area contributed by atoms with Crippen LogP contribution < -0.4 is 4.74 Å². The van der Waals surface area contributed by atoms with Crippen LogP contribution in [0.1, 0.15) is 15.2 Å². The number of hydrogen-bond donors (Lipinski definition) is 1. The molecule has 0 unspecified atom stereocenters. The van der Waals surface area contributed by atoms with E-state index in [4.69, 9.17) is 9.84 Å². The zero-order valence-electron chi connectivity index (χ0n) is 11.7. The van der Waals surface area contributed by atoms with Crippen molar-refractivity contribution in [3.05, 3.63) is 76.5 Å². The van der Waals surface area contributed by atoms with E-state index in [1.54, 1.807) is 11.4 Å². The standard InChI is InChI=1S/C18H14O3S/c19-18(20)17-15(10-11-22-17)12-21-16-8-6-14(7-9-16)13-4-2-1-3-5-13/h1-11H,12H2,(H,19,20). The quantitative estimate of drug-likeness (QED) is 0.743. The van der Waals surface area contributed by atoms with Crippen LogP contribution in [0.5, 0.6) is 5.75 Å². The lowest BCUT2D eigenvalue weighted by Gasteiger charge is -2.07. The van der Waals surface area contributed by atoms with Crippen molar-refractivity contribution in [3.63, 3.8) is 0 Å². The van der Waals surface area contributed by atoms with Gasteiger partial charge in [-0.2, -0.15) is 0 Å². The van der Waals surface area contributed by atoms with E-state index < -0.39 is 5.97 Å². The zero-order chi connectivity index (χ0) is 15.4.